The van der Waals surface area contributed by atoms with E-state index in [0.717, 1.165) is 49.0 Å². The molecule has 5 rings (SSSR count). The van der Waals surface area contributed by atoms with Gasteiger partial charge >= 0.3 is 0 Å². The second-order valence-corrected chi connectivity index (χ2v) is 8.48. The zero-order valence-corrected chi connectivity index (χ0v) is 17.4. The van der Waals surface area contributed by atoms with Gasteiger partial charge in [-0.3, -0.25) is 4.79 Å². The van der Waals surface area contributed by atoms with E-state index in [4.69, 9.17) is 14.5 Å². The Kier molecular flexibility index (Phi) is 5.38. The maximum Gasteiger partial charge on any atom is 0.267 e. The summed E-state index contributed by atoms with van der Waals surface area (Å²) in [5, 5.41) is 3.21. The van der Waals surface area contributed by atoms with Crippen LogP contribution >= 0.6 is 11.3 Å². The van der Waals surface area contributed by atoms with Gasteiger partial charge in [0.2, 0.25) is 6.10 Å². The first-order chi connectivity index (χ1) is 14.8. The van der Waals surface area contributed by atoms with Gasteiger partial charge < -0.3 is 19.3 Å². The van der Waals surface area contributed by atoms with E-state index in [0.29, 0.717) is 11.5 Å². The summed E-state index contributed by atoms with van der Waals surface area (Å²) in [5.41, 5.74) is 2.28. The lowest BCUT2D eigenvalue weighted by molar-refractivity contribution is -0.917. The van der Waals surface area contributed by atoms with Crippen LogP contribution in [0.25, 0.3) is 10.6 Å². The number of thiazole rings is 1. The van der Waals surface area contributed by atoms with E-state index in [9.17, 15) is 4.79 Å². The fraction of sp³-hybridized carbons (Fsp3) is 0.304. The van der Waals surface area contributed by atoms with Gasteiger partial charge in [-0.15, -0.1) is 11.3 Å². The standard InChI is InChI=1S/C23H23N3O3S/c27-23(21-15-28-19-8-4-5-9-20(19)29-21)26-12-10-25(11-13-26)14-18-16-30-22(24-18)17-6-2-1-3-7-17/h1-9,16,21H,10-15H2/p+1/t21-/m1/s1. The van der Waals surface area contributed by atoms with Gasteiger partial charge in [-0.1, -0.05) is 42.5 Å². The van der Waals surface area contributed by atoms with Crippen molar-refractivity contribution in [2.24, 2.45) is 0 Å². The van der Waals surface area contributed by atoms with Gasteiger partial charge in [-0.2, -0.15) is 0 Å². The second-order valence-electron chi connectivity index (χ2n) is 7.63. The van der Waals surface area contributed by atoms with Crippen molar-refractivity contribution in [3.05, 3.63) is 65.7 Å². The van der Waals surface area contributed by atoms with Crippen molar-refractivity contribution in [2.45, 2.75) is 12.6 Å². The van der Waals surface area contributed by atoms with Crippen LogP contribution in [-0.4, -0.2) is 54.7 Å². The first-order valence-electron chi connectivity index (χ1n) is 10.3. The predicted molar refractivity (Wildman–Crippen MR) is 115 cm³/mol. The topological polar surface area (TPSA) is 56.1 Å². The van der Waals surface area contributed by atoms with Crippen LogP contribution in [0.3, 0.4) is 0 Å². The smallest absolute Gasteiger partial charge is 0.267 e. The molecule has 1 N–H and O–H groups in total. The first kappa shape index (κ1) is 19.1. The summed E-state index contributed by atoms with van der Waals surface area (Å²) in [4.78, 5) is 21.1. The van der Waals surface area contributed by atoms with Crippen LogP contribution in [0.5, 0.6) is 11.5 Å². The fourth-order valence-electron chi connectivity index (χ4n) is 3.92. The average molecular weight is 423 g/mol. The van der Waals surface area contributed by atoms with E-state index >= 15 is 0 Å². The Hall–Kier alpha value is -2.90. The van der Waals surface area contributed by atoms with Crippen LogP contribution in [0, 0.1) is 0 Å². The van der Waals surface area contributed by atoms with Crippen LogP contribution in [-0.2, 0) is 11.3 Å². The summed E-state index contributed by atoms with van der Waals surface area (Å²) < 4.78 is 11.6. The van der Waals surface area contributed by atoms with E-state index in [-0.39, 0.29) is 12.5 Å². The van der Waals surface area contributed by atoms with Crippen LogP contribution < -0.4 is 14.4 Å². The molecule has 0 radical (unpaired) electrons. The van der Waals surface area contributed by atoms with Gasteiger partial charge in [0.25, 0.3) is 5.91 Å². The Morgan fingerprint density at radius 3 is 2.60 bits per heavy atom. The third-order valence-corrected chi connectivity index (χ3v) is 6.51. The number of fused-ring (bicyclic) bond motifs is 1. The number of nitrogens with zero attached hydrogens (tertiary/aromatic N) is 2. The van der Waals surface area contributed by atoms with Gasteiger partial charge in [0.15, 0.2) is 11.5 Å². The lowest BCUT2D eigenvalue weighted by Gasteiger charge is -2.35. The third-order valence-electron chi connectivity index (χ3n) is 5.57. The molecule has 0 aliphatic carbocycles. The monoisotopic (exact) mass is 422 g/mol. The highest BCUT2D eigenvalue weighted by Crippen LogP contribution is 2.31. The summed E-state index contributed by atoms with van der Waals surface area (Å²) in [6.45, 7) is 4.44. The first-order valence-corrected chi connectivity index (χ1v) is 11.1. The zero-order chi connectivity index (χ0) is 20.3. The zero-order valence-electron chi connectivity index (χ0n) is 16.6. The van der Waals surface area contributed by atoms with Crippen molar-refractivity contribution in [1.82, 2.24) is 9.88 Å². The molecule has 1 atom stereocenters. The van der Waals surface area contributed by atoms with Crippen molar-refractivity contribution in [2.75, 3.05) is 32.8 Å². The number of ether oxygens (including phenoxy) is 2. The lowest BCUT2D eigenvalue weighted by Crippen LogP contribution is -3.13. The largest absolute Gasteiger partial charge is 0.485 e. The molecular formula is C23H24N3O3S+. The number of quaternary nitrogens is 1. The molecule has 30 heavy (non-hydrogen) atoms. The SMILES string of the molecule is O=C([C@H]1COc2ccccc2O1)N1CC[NH+](Cc2csc(-c3ccccc3)n2)CC1. The molecular weight excluding hydrogens is 398 g/mol. The average Bonchev–Trinajstić information content (AvgIpc) is 3.28. The molecule has 1 saturated heterocycles. The normalized spacial score (nSPS) is 18.9. The van der Waals surface area contributed by atoms with Crippen LogP contribution in [0.2, 0.25) is 0 Å². The molecule has 1 amide bonds. The molecule has 0 unspecified atom stereocenters. The van der Waals surface area contributed by atoms with Gasteiger partial charge in [-0.25, -0.2) is 4.98 Å². The van der Waals surface area contributed by atoms with Gasteiger partial charge in [0.05, 0.1) is 26.2 Å². The maximum absolute atomic E-state index is 12.9. The fourth-order valence-corrected chi connectivity index (χ4v) is 4.75. The summed E-state index contributed by atoms with van der Waals surface area (Å²) in [5.74, 6) is 1.36. The predicted octanol–water partition coefficient (Wildman–Crippen LogP) is 1.88. The summed E-state index contributed by atoms with van der Waals surface area (Å²) >= 11 is 1.69. The van der Waals surface area contributed by atoms with E-state index in [1.165, 1.54) is 4.90 Å². The third kappa shape index (κ3) is 4.04. The number of rotatable bonds is 4. The summed E-state index contributed by atoms with van der Waals surface area (Å²) in [7, 11) is 0. The maximum atomic E-state index is 12.9. The summed E-state index contributed by atoms with van der Waals surface area (Å²) in [6.07, 6.45) is -0.562. The Bertz CT molecular complexity index is 1020. The Morgan fingerprint density at radius 2 is 1.80 bits per heavy atom. The molecule has 1 fully saturated rings. The number of carbonyl (C=O) groups excluding carboxylic acids is 1. The quantitative estimate of drug-likeness (QED) is 0.698. The molecule has 0 bridgehead atoms. The molecule has 2 aliphatic rings. The van der Waals surface area contributed by atoms with Crippen molar-refractivity contribution < 1.29 is 19.2 Å². The molecule has 0 spiro atoms. The van der Waals surface area contributed by atoms with E-state index in [2.05, 4.69) is 17.5 Å². The lowest BCUT2D eigenvalue weighted by atomic mass is 10.2. The Morgan fingerprint density at radius 1 is 1.07 bits per heavy atom. The van der Waals surface area contributed by atoms with Crippen molar-refractivity contribution in [1.29, 1.82) is 0 Å². The number of carbonyl (C=O) groups is 1. The Balaban J connectivity index is 1.14. The molecule has 2 aliphatic heterocycles. The number of hydrogen-bond acceptors (Lipinski definition) is 5. The summed E-state index contributed by atoms with van der Waals surface area (Å²) in [6, 6.07) is 17.8. The molecule has 1 aromatic heterocycles. The number of amides is 1. The van der Waals surface area contributed by atoms with E-state index in [1.807, 2.05) is 47.4 Å². The van der Waals surface area contributed by atoms with Gasteiger partial charge in [-0.05, 0) is 12.1 Å². The molecule has 2 aromatic carbocycles. The van der Waals surface area contributed by atoms with Crippen LogP contribution in [0.4, 0.5) is 0 Å². The molecule has 3 aromatic rings. The molecule has 6 nitrogen and oxygen atoms in total. The van der Waals surface area contributed by atoms with Crippen LogP contribution in [0.15, 0.2) is 60.0 Å². The van der Waals surface area contributed by atoms with Gasteiger partial charge in [0, 0.05) is 10.9 Å². The van der Waals surface area contributed by atoms with Crippen molar-refractivity contribution >= 4 is 17.2 Å². The highest BCUT2D eigenvalue weighted by molar-refractivity contribution is 7.13. The number of benzene rings is 2. The van der Waals surface area contributed by atoms with Crippen molar-refractivity contribution in [3.8, 4) is 22.1 Å². The molecule has 0 saturated carbocycles. The Labute approximate surface area is 179 Å². The highest BCUT2D eigenvalue weighted by atomic mass is 32.1. The number of para-hydroxylation sites is 2. The number of nitrogens with one attached hydrogen (secondary N) is 1. The van der Waals surface area contributed by atoms with Crippen LogP contribution in [0.1, 0.15) is 5.69 Å². The molecule has 7 heteroatoms. The van der Waals surface area contributed by atoms with E-state index in [1.54, 1.807) is 11.3 Å². The van der Waals surface area contributed by atoms with Gasteiger partial charge in [0.1, 0.15) is 23.9 Å². The molecule has 154 valence electrons. The van der Waals surface area contributed by atoms with E-state index < -0.39 is 6.10 Å². The van der Waals surface area contributed by atoms with Crippen molar-refractivity contribution in [3.63, 3.8) is 0 Å². The number of aromatic nitrogens is 1. The number of piperazine rings is 1. The number of hydrogen-bond donors (Lipinski definition) is 1. The minimum atomic E-state index is -0.562. The highest BCUT2D eigenvalue weighted by Gasteiger charge is 2.33. The second kappa shape index (κ2) is 8.45. The molecule has 3 heterocycles. The minimum absolute atomic E-state index is 0.0172. The minimum Gasteiger partial charge on any atom is -0.485 e.